The summed E-state index contributed by atoms with van der Waals surface area (Å²) in [5.41, 5.74) is 0.270. The molecule has 0 saturated carbocycles. The van der Waals surface area contributed by atoms with Crippen LogP contribution in [0.1, 0.15) is 55.6 Å². The van der Waals surface area contributed by atoms with Crippen molar-refractivity contribution in [2.24, 2.45) is 0 Å². The summed E-state index contributed by atoms with van der Waals surface area (Å²) >= 11 is 0. The van der Waals surface area contributed by atoms with Crippen LogP contribution >= 0.6 is 0 Å². The molecule has 1 N–H and O–H groups in total. The Morgan fingerprint density at radius 2 is 1.82 bits per heavy atom. The number of hydrogen-bond acceptors (Lipinski definition) is 10. The van der Waals surface area contributed by atoms with Gasteiger partial charge in [-0.3, -0.25) is 14.4 Å². The van der Waals surface area contributed by atoms with E-state index in [9.17, 15) is 24.3 Å². The van der Waals surface area contributed by atoms with E-state index in [1.54, 1.807) is 13.0 Å². The van der Waals surface area contributed by atoms with Gasteiger partial charge in [0.25, 0.3) is 0 Å². The standard InChI is InChI=1S/C23H26O10/c1-11-6-5-7-16(26)22(32-13(3)25)19(31-12(2)24)10-18-21(33-18)15-8-14(29-4)9-17(27)20(15)23(28)30-11/h5,7-9,11,18-19,21-22,27H,6,10H2,1-4H3/b7-5-/t11-,18+,19-,21+,22+/m0/s1. The Kier molecular flexibility index (Phi) is 7.37. The number of phenols is 1. The number of ether oxygens (including phenoxy) is 5. The van der Waals surface area contributed by atoms with Crippen LogP contribution in [-0.2, 0) is 33.3 Å². The quantitative estimate of drug-likeness (QED) is 0.404. The number of hydrogen-bond donors (Lipinski definition) is 1. The van der Waals surface area contributed by atoms with Crippen LogP contribution in [0.2, 0.25) is 0 Å². The van der Waals surface area contributed by atoms with Gasteiger partial charge < -0.3 is 28.8 Å². The van der Waals surface area contributed by atoms with Crippen LogP contribution in [0.5, 0.6) is 11.5 Å². The second-order valence-electron chi connectivity index (χ2n) is 7.88. The Labute approximate surface area is 190 Å². The summed E-state index contributed by atoms with van der Waals surface area (Å²) in [5.74, 6) is -2.74. The monoisotopic (exact) mass is 462 g/mol. The zero-order chi connectivity index (χ0) is 24.3. The van der Waals surface area contributed by atoms with Crippen LogP contribution in [0.25, 0.3) is 0 Å². The molecule has 1 aromatic carbocycles. The molecule has 33 heavy (non-hydrogen) atoms. The van der Waals surface area contributed by atoms with Crippen LogP contribution in [0.3, 0.4) is 0 Å². The number of carbonyl (C=O) groups is 4. The molecule has 0 unspecified atom stereocenters. The molecule has 1 aromatic rings. The van der Waals surface area contributed by atoms with Crippen molar-refractivity contribution in [2.45, 2.75) is 64.1 Å². The van der Waals surface area contributed by atoms with Gasteiger partial charge in [-0.25, -0.2) is 4.79 Å². The van der Waals surface area contributed by atoms with E-state index in [4.69, 9.17) is 23.7 Å². The molecule has 10 nitrogen and oxygen atoms in total. The number of phenolic OH excluding ortho intramolecular Hbond substituents is 1. The van der Waals surface area contributed by atoms with Gasteiger partial charge in [0.1, 0.15) is 35.4 Å². The molecule has 2 heterocycles. The molecule has 0 aliphatic carbocycles. The van der Waals surface area contributed by atoms with Crippen molar-refractivity contribution < 1.29 is 48.0 Å². The van der Waals surface area contributed by atoms with Crippen molar-refractivity contribution in [3.8, 4) is 11.5 Å². The zero-order valence-corrected chi connectivity index (χ0v) is 18.7. The average molecular weight is 462 g/mol. The Morgan fingerprint density at radius 3 is 2.45 bits per heavy atom. The minimum Gasteiger partial charge on any atom is -0.507 e. The van der Waals surface area contributed by atoms with E-state index in [-0.39, 0.29) is 24.2 Å². The van der Waals surface area contributed by atoms with Gasteiger partial charge in [-0.2, -0.15) is 0 Å². The number of epoxide rings is 1. The molecule has 0 spiro atoms. The molecule has 0 radical (unpaired) electrons. The SMILES string of the molecule is COc1cc(O)c2c(c1)[C@H]1O[C@@H]1C[C@H](OC(C)=O)[C@H](OC(C)=O)C(=O)/C=C\C[C@H](C)OC2=O. The Bertz CT molecular complexity index is 982. The number of fused-ring (bicyclic) bond motifs is 3. The van der Waals surface area contributed by atoms with Crippen molar-refractivity contribution in [1.82, 2.24) is 0 Å². The lowest BCUT2D eigenvalue weighted by atomic mass is 9.96. The van der Waals surface area contributed by atoms with Gasteiger partial charge in [-0.15, -0.1) is 0 Å². The fourth-order valence-corrected chi connectivity index (χ4v) is 3.71. The van der Waals surface area contributed by atoms with E-state index in [2.05, 4.69) is 0 Å². The van der Waals surface area contributed by atoms with E-state index in [1.165, 1.54) is 32.3 Å². The Hall–Kier alpha value is -3.40. The van der Waals surface area contributed by atoms with Crippen LogP contribution in [-0.4, -0.2) is 60.3 Å². The molecule has 3 rings (SSSR count). The summed E-state index contributed by atoms with van der Waals surface area (Å²) in [5, 5.41) is 10.5. The van der Waals surface area contributed by atoms with Crippen LogP contribution < -0.4 is 4.74 Å². The first-order valence-electron chi connectivity index (χ1n) is 10.4. The second-order valence-corrected chi connectivity index (χ2v) is 7.88. The minimum atomic E-state index is -1.37. The van der Waals surface area contributed by atoms with E-state index < -0.39 is 54.2 Å². The number of ketones is 1. The molecule has 0 bridgehead atoms. The van der Waals surface area contributed by atoms with Crippen molar-refractivity contribution in [2.75, 3.05) is 7.11 Å². The number of esters is 3. The van der Waals surface area contributed by atoms with Gasteiger partial charge in [0.15, 0.2) is 5.78 Å². The van der Waals surface area contributed by atoms with Crippen molar-refractivity contribution >= 4 is 23.7 Å². The normalized spacial score (nSPS) is 28.3. The van der Waals surface area contributed by atoms with Gasteiger partial charge >= 0.3 is 17.9 Å². The number of benzene rings is 1. The van der Waals surface area contributed by atoms with E-state index >= 15 is 0 Å². The summed E-state index contributed by atoms with van der Waals surface area (Å²) < 4.78 is 26.8. The molecule has 178 valence electrons. The molecule has 1 fully saturated rings. The summed E-state index contributed by atoms with van der Waals surface area (Å²) in [4.78, 5) is 49.0. The van der Waals surface area contributed by atoms with Gasteiger partial charge in [-0.1, -0.05) is 6.08 Å². The molecular weight excluding hydrogens is 436 g/mol. The number of aromatic hydroxyl groups is 1. The number of methoxy groups -OCH3 is 1. The summed E-state index contributed by atoms with van der Waals surface area (Å²) in [6.45, 7) is 3.95. The first-order chi connectivity index (χ1) is 15.6. The third-order valence-electron chi connectivity index (χ3n) is 5.20. The maximum Gasteiger partial charge on any atom is 0.342 e. The van der Waals surface area contributed by atoms with Crippen molar-refractivity contribution in [3.63, 3.8) is 0 Å². The lowest BCUT2D eigenvalue weighted by Crippen LogP contribution is -2.40. The summed E-state index contributed by atoms with van der Waals surface area (Å²) in [7, 11) is 1.41. The summed E-state index contributed by atoms with van der Waals surface area (Å²) in [6.07, 6.45) is -1.54. The maximum atomic E-state index is 12.8. The molecule has 2 aliphatic rings. The van der Waals surface area contributed by atoms with Crippen molar-refractivity contribution in [1.29, 1.82) is 0 Å². The number of rotatable bonds is 3. The maximum absolute atomic E-state index is 12.8. The predicted molar refractivity (Wildman–Crippen MR) is 112 cm³/mol. The molecule has 10 heteroatoms. The lowest BCUT2D eigenvalue weighted by Gasteiger charge is -2.24. The first kappa shape index (κ1) is 24.2. The van der Waals surface area contributed by atoms with Gasteiger partial charge in [0.2, 0.25) is 6.10 Å². The number of cyclic esters (lactones) is 1. The molecule has 5 atom stereocenters. The van der Waals surface area contributed by atoms with Gasteiger partial charge in [0.05, 0.1) is 13.2 Å². The van der Waals surface area contributed by atoms with Crippen LogP contribution in [0.15, 0.2) is 24.3 Å². The highest BCUT2D eigenvalue weighted by Crippen LogP contribution is 2.47. The van der Waals surface area contributed by atoms with E-state index in [0.29, 0.717) is 11.3 Å². The van der Waals surface area contributed by atoms with Crippen molar-refractivity contribution in [3.05, 3.63) is 35.4 Å². The zero-order valence-electron chi connectivity index (χ0n) is 18.7. The average Bonchev–Trinajstić information content (AvgIpc) is 3.48. The highest BCUT2D eigenvalue weighted by molar-refractivity contribution is 5.96. The second kappa shape index (κ2) is 10.0. The molecular formula is C23H26O10. The predicted octanol–water partition coefficient (Wildman–Crippen LogP) is 2.17. The third-order valence-corrected chi connectivity index (χ3v) is 5.20. The topological polar surface area (TPSA) is 138 Å². The van der Waals surface area contributed by atoms with E-state index in [0.717, 1.165) is 6.92 Å². The first-order valence-corrected chi connectivity index (χ1v) is 10.4. The van der Waals surface area contributed by atoms with Crippen LogP contribution in [0.4, 0.5) is 0 Å². The number of carbonyl (C=O) groups excluding carboxylic acids is 4. The fourth-order valence-electron chi connectivity index (χ4n) is 3.71. The minimum absolute atomic E-state index is 0.00460. The highest BCUT2D eigenvalue weighted by Gasteiger charge is 2.48. The highest BCUT2D eigenvalue weighted by atomic mass is 16.6. The third kappa shape index (κ3) is 5.89. The smallest absolute Gasteiger partial charge is 0.342 e. The van der Waals surface area contributed by atoms with Crippen LogP contribution in [0, 0.1) is 0 Å². The van der Waals surface area contributed by atoms with Gasteiger partial charge in [0, 0.05) is 38.3 Å². The Morgan fingerprint density at radius 1 is 1.12 bits per heavy atom. The molecule has 0 aromatic heterocycles. The fraction of sp³-hybridized carbons (Fsp3) is 0.478. The summed E-state index contributed by atoms with van der Waals surface area (Å²) in [6, 6.07) is 2.84. The lowest BCUT2D eigenvalue weighted by molar-refractivity contribution is -0.169. The largest absolute Gasteiger partial charge is 0.507 e. The molecule has 2 aliphatic heterocycles. The van der Waals surface area contributed by atoms with E-state index in [1.807, 2.05) is 0 Å². The Balaban J connectivity index is 2.03. The molecule has 1 saturated heterocycles. The van der Waals surface area contributed by atoms with Gasteiger partial charge in [-0.05, 0) is 19.1 Å². The molecule has 0 amide bonds.